The fraction of sp³-hybridized carbons (Fsp3) is 0.333. The SMILES string of the molecule is CCc1cc(CC(=O)c2cc(N)ccc2Br)n(CC)n1. The van der Waals surface area contributed by atoms with Gasteiger partial charge in [-0.25, -0.2) is 0 Å². The Morgan fingerprint density at radius 1 is 1.35 bits per heavy atom. The summed E-state index contributed by atoms with van der Waals surface area (Å²) < 4.78 is 2.66. The number of halogens is 1. The molecule has 0 spiro atoms. The minimum Gasteiger partial charge on any atom is -0.399 e. The number of Topliss-reactive ketones (excluding diaryl/α,β-unsaturated/α-hetero) is 1. The number of nitrogens with two attached hydrogens (primary N) is 1. The van der Waals surface area contributed by atoms with E-state index in [0.29, 0.717) is 17.7 Å². The van der Waals surface area contributed by atoms with Crippen LogP contribution in [0.4, 0.5) is 5.69 Å². The Hall–Kier alpha value is -1.62. The molecule has 1 heterocycles. The van der Waals surface area contributed by atoms with Crippen LogP contribution in [0.15, 0.2) is 28.7 Å². The predicted octanol–water partition coefficient (Wildman–Crippen LogP) is 3.24. The van der Waals surface area contributed by atoms with Crippen LogP contribution in [-0.2, 0) is 19.4 Å². The van der Waals surface area contributed by atoms with Gasteiger partial charge < -0.3 is 5.73 Å². The van der Waals surface area contributed by atoms with E-state index in [1.807, 2.05) is 17.7 Å². The summed E-state index contributed by atoms with van der Waals surface area (Å²) in [5.74, 6) is 0.0430. The molecular formula is C15H18BrN3O. The maximum atomic E-state index is 12.4. The summed E-state index contributed by atoms with van der Waals surface area (Å²) in [7, 11) is 0. The lowest BCUT2D eigenvalue weighted by molar-refractivity contribution is 0.0990. The summed E-state index contributed by atoms with van der Waals surface area (Å²) in [5.41, 5.74) is 8.92. The second-order valence-electron chi connectivity index (χ2n) is 4.64. The molecule has 4 nitrogen and oxygen atoms in total. The summed E-state index contributed by atoms with van der Waals surface area (Å²) in [4.78, 5) is 12.4. The second kappa shape index (κ2) is 6.22. The predicted molar refractivity (Wildman–Crippen MR) is 83.9 cm³/mol. The number of aryl methyl sites for hydroxylation is 2. The van der Waals surface area contributed by atoms with Crippen LogP contribution in [0, 0.1) is 0 Å². The Morgan fingerprint density at radius 2 is 2.10 bits per heavy atom. The summed E-state index contributed by atoms with van der Waals surface area (Å²) >= 11 is 3.40. The fourth-order valence-electron chi connectivity index (χ4n) is 2.12. The van der Waals surface area contributed by atoms with Gasteiger partial charge in [0.1, 0.15) is 0 Å². The minimum atomic E-state index is 0.0430. The molecule has 1 aromatic heterocycles. The van der Waals surface area contributed by atoms with Crippen molar-refractivity contribution >= 4 is 27.4 Å². The monoisotopic (exact) mass is 335 g/mol. The van der Waals surface area contributed by atoms with Crippen LogP contribution < -0.4 is 5.73 Å². The van der Waals surface area contributed by atoms with Gasteiger partial charge in [0.15, 0.2) is 5.78 Å². The largest absolute Gasteiger partial charge is 0.399 e. The molecular weight excluding hydrogens is 318 g/mol. The third-order valence-corrected chi connectivity index (χ3v) is 3.90. The lowest BCUT2D eigenvalue weighted by atomic mass is 10.1. The van der Waals surface area contributed by atoms with Crippen molar-refractivity contribution in [1.29, 1.82) is 0 Å². The number of carbonyl (C=O) groups is 1. The molecule has 0 amide bonds. The first kappa shape index (κ1) is 14.8. The maximum Gasteiger partial charge on any atom is 0.170 e. The van der Waals surface area contributed by atoms with Crippen molar-refractivity contribution in [1.82, 2.24) is 9.78 Å². The van der Waals surface area contributed by atoms with Gasteiger partial charge in [-0.05, 0) is 37.6 Å². The van der Waals surface area contributed by atoms with Crippen molar-refractivity contribution in [3.05, 3.63) is 45.7 Å². The third kappa shape index (κ3) is 3.10. The number of nitrogen functional groups attached to an aromatic ring is 1. The number of hydrogen-bond acceptors (Lipinski definition) is 3. The van der Waals surface area contributed by atoms with E-state index in [2.05, 4.69) is 28.0 Å². The zero-order valence-electron chi connectivity index (χ0n) is 11.7. The molecule has 0 saturated heterocycles. The summed E-state index contributed by atoms with van der Waals surface area (Å²) in [6.07, 6.45) is 1.21. The summed E-state index contributed by atoms with van der Waals surface area (Å²) in [6.45, 7) is 4.85. The lowest BCUT2D eigenvalue weighted by Gasteiger charge is -2.06. The molecule has 0 radical (unpaired) electrons. The molecule has 0 aliphatic heterocycles. The van der Waals surface area contributed by atoms with Crippen molar-refractivity contribution < 1.29 is 4.79 Å². The minimum absolute atomic E-state index is 0.0430. The van der Waals surface area contributed by atoms with Gasteiger partial charge in [0, 0.05) is 28.0 Å². The van der Waals surface area contributed by atoms with Crippen LogP contribution in [-0.4, -0.2) is 15.6 Å². The number of nitrogens with zero attached hydrogens (tertiary/aromatic N) is 2. The molecule has 0 unspecified atom stereocenters. The Balaban J connectivity index is 2.27. The first-order valence-electron chi connectivity index (χ1n) is 6.69. The molecule has 20 heavy (non-hydrogen) atoms. The Bertz CT molecular complexity index is 634. The summed E-state index contributed by atoms with van der Waals surface area (Å²) in [5, 5.41) is 4.46. The average molecular weight is 336 g/mol. The van der Waals surface area contributed by atoms with E-state index in [1.54, 1.807) is 18.2 Å². The normalized spacial score (nSPS) is 10.8. The van der Waals surface area contributed by atoms with E-state index in [-0.39, 0.29) is 5.78 Å². The van der Waals surface area contributed by atoms with E-state index in [0.717, 1.165) is 28.8 Å². The molecule has 0 fully saturated rings. The van der Waals surface area contributed by atoms with Gasteiger partial charge in [-0.1, -0.05) is 22.9 Å². The summed E-state index contributed by atoms with van der Waals surface area (Å²) in [6, 6.07) is 7.28. The van der Waals surface area contributed by atoms with E-state index in [1.165, 1.54) is 0 Å². The zero-order valence-corrected chi connectivity index (χ0v) is 13.3. The van der Waals surface area contributed by atoms with Crippen molar-refractivity contribution in [2.45, 2.75) is 33.2 Å². The number of carbonyl (C=O) groups excluding carboxylic acids is 1. The van der Waals surface area contributed by atoms with Crippen LogP contribution in [0.25, 0.3) is 0 Å². The number of rotatable bonds is 5. The highest BCUT2D eigenvalue weighted by molar-refractivity contribution is 9.10. The number of benzene rings is 1. The van der Waals surface area contributed by atoms with E-state index in [4.69, 9.17) is 5.73 Å². The highest BCUT2D eigenvalue weighted by atomic mass is 79.9. The Kier molecular flexibility index (Phi) is 4.60. The average Bonchev–Trinajstić information content (AvgIpc) is 2.83. The molecule has 0 aliphatic rings. The first-order valence-corrected chi connectivity index (χ1v) is 7.48. The van der Waals surface area contributed by atoms with E-state index in [9.17, 15) is 4.79 Å². The van der Waals surface area contributed by atoms with Gasteiger partial charge in [-0.3, -0.25) is 9.48 Å². The molecule has 0 saturated carbocycles. The Labute approximate surface area is 127 Å². The molecule has 2 rings (SSSR count). The number of hydrogen-bond donors (Lipinski definition) is 1. The topological polar surface area (TPSA) is 60.9 Å². The van der Waals surface area contributed by atoms with Crippen LogP contribution in [0.2, 0.25) is 0 Å². The molecule has 106 valence electrons. The second-order valence-corrected chi connectivity index (χ2v) is 5.49. The van der Waals surface area contributed by atoms with Crippen molar-refractivity contribution in [2.75, 3.05) is 5.73 Å². The number of anilines is 1. The molecule has 0 bridgehead atoms. The Morgan fingerprint density at radius 3 is 2.75 bits per heavy atom. The fourth-order valence-corrected chi connectivity index (χ4v) is 2.59. The van der Waals surface area contributed by atoms with Gasteiger partial charge in [0.25, 0.3) is 0 Å². The molecule has 2 N–H and O–H groups in total. The van der Waals surface area contributed by atoms with Gasteiger partial charge in [-0.2, -0.15) is 5.10 Å². The van der Waals surface area contributed by atoms with Gasteiger partial charge in [0.05, 0.1) is 12.1 Å². The number of ketones is 1. The zero-order chi connectivity index (χ0) is 14.7. The molecule has 5 heteroatoms. The van der Waals surface area contributed by atoms with Crippen molar-refractivity contribution in [3.63, 3.8) is 0 Å². The molecule has 2 aromatic rings. The van der Waals surface area contributed by atoms with Crippen LogP contribution >= 0.6 is 15.9 Å². The van der Waals surface area contributed by atoms with Crippen LogP contribution in [0.3, 0.4) is 0 Å². The highest BCUT2D eigenvalue weighted by Crippen LogP contribution is 2.21. The van der Waals surface area contributed by atoms with E-state index >= 15 is 0 Å². The quantitative estimate of drug-likeness (QED) is 0.674. The highest BCUT2D eigenvalue weighted by Gasteiger charge is 2.15. The molecule has 1 aromatic carbocycles. The maximum absolute atomic E-state index is 12.4. The van der Waals surface area contributed by atoms with Crippen molar-refractivity contribution in [3.8, 4) is 0 Å². The third-order valence-electron chi connectivity index (χ3n) is 3.21. The van der Waals surface area contributed by atoms with Crippen LogP contribution in [0.1, 0.15) is 35.6 Å². The van der Waals surface area contributed by atoms with Crippen LogP contribution in [0.5, 0.6) is 0 Å². The number of aromatic nitrogens is 2. The van der Waals surface area contributed by atoms with E-state index < -0.39 is 0 Å². The standard InChI is InChI=1S/C15H18BrN3O/c1-3-11-8-12(19(4-2)18-11)9-15(20)13-7-10(17)5-6-14(13)16/h5-8H,3-4,9,17H2,1-2H3. The first-order chi connectivity index (χ1) is 9.55. The molecule has 0 atom stereocenters. The van der Waals surface area contributed by atoms with Crippen molar-refractivity contribution in [2.24, 2.45) is 0 Å². The molecule has 0 aliphatic carbocycles. The lowest BCUT2D eigenvalue weighted by Crippen LogP contribution is -2.10. The smallest absolute Gasteiger partial charge is 0.170 e. The van der Waals surface area contributed by atoms with Gasteiger partial charge in [-0.15, -0.1) is 0 Å². The van der Waals surface area contributed by atoms with Gasteiger partial charge >= 0.3 is 0 Å². The van der Waals surface area contributed by atoms with Gasteiger partial charge in [0.2, 0.25) is 0 Å².